The molecular formula is C26H56N4O8. The number of methoxy groups -OCH3 is 1. The second-order valence-corrected chi connectivity index (χ2v) is 10.6. The largest absolute Gasteiger partial charge is 0.394 e. The van der Waals surface area contributed by atoms with Gasteiger partial charge < -0.3 is 61.1 Å². The zero-order chi connectivity index (χ0) is 28.4. The van der Waals surface area contributed by atoms with Crippen LogP contribution in [0.4, 0.5) is 0 Å². The van der Waals surface area contributed by atoms with Crippen molar-refractivity contribution in [3.8, 4) is 0 Å². The van der Waals surface area contributed by atoms with Crippen LogP contribution in [0.15, 0.2) is 0 Å². The predicted molar refractivity (Wildman–Crippen MR) is 146 cm³/mol. The van der Waals surface area contributed by atoms with Gasteiger partial charge in [0.1, 0.15) is 29.5 Å². The van der Waals surface area contributed by atoms with E-state index in [1.165, 1.54) is 7.11 Å². The van der Waals surface area contributed by atoms with Crippen LogP contribution < -0.4 is 21.7 Å². The molecule has 12 nitrogen and oxygen atoms in total. The maximum atomic E-state index is 10.5. The summed E-state index contributed by atoms with van der Waals surface area (Å²) in [5, 5.41) is 51.1. The summed E-state index contributed by atoms with van der Waals surface area (Å²) in [5.41, 5.74) is 3.39. The Morgan fingerprint density at radius 2 is 1.58 bits per heavy atom. The molecular weight excluding hydrogens is 496 g/mol. The SMILES string of the molecule is CCC(CO)OC(C)(CNCCCNCCCCNCCCN)CO[C@H]1OC(C)(COC)[C@H](O)[C@H](O)C1O. The third kappa shape index (κ3) is 12.8. The van der Waals surface area contributed by atoms with E-state index in [1.807, 2.05) is 13.8 Å². The zero-order valence-electron chi connectivity index (χ0n) is 24.0. The van der Waals surface area contributed by atoms with Crippen LogP contribution in [0.2, 0.25) is 0 Å². The molecule has 228 valence electrons. The second kappa shape index (κ2) is 19.6. The van der Waals surface area contributed by atoms with Crippen LogP contribution in [0, 0.1) is 0 Å². The number of ether oxygens (including phenoxy) is 4. The standard InChI is InChI=1S/C26H56N4O8/c1-5-20(16-31)37-25(2,17-30-15-9-14-29-12-7-6-11-28-13-8-10-27)18-36-24-22(33)21(32)23(34)26(3,38-24)19-35-4/h20-24,28-34H,5-19,27H2,1-4H3/t20?,21-,22?,23-,24+,25?,26?/m1/s1. The fourth-order valence-electron chi connectivity index (χ4n) is 4.36. The molecule has 0 aromatic heterocycles. The molecule has 0 spiro atoms. The van der Waals surface area contributed by atoms with Crippen molar-refractivity contribution in [2.75, 3.05) is 72.7 Å². The molecule has 1 aliphatic rings. The van der Waals surface area contributed by atoms with E-state index in [1.54, 1.807) is 6.92 Å². The van der Waals surface area contributed by atoms with Crippen molar-refractivity contribution >= 4 is 0 Å². The second-order valence-electron chi connectivity index (χ2n) is 10.6. The fraction of sp³-hybridized carbons (Fsp3) is 1.00. The molecule has 7 atom stereocenters. The summed E-state index contributed by atoms with van der Waals surface area (Å²) in [4.78, 5) is 0. The minimum Gasteiger partial charge on any atom is -0.394 e. The maximum absolute atomic E-state index is 10.5. The highest BCUT2D eigenvalue weighted by atomic mass is 16.7. The normalized spacial score (nSPS) is 28.3. The van der Waals surface area contributed by atoms with E-state index in [0.717, 1.165) is 65.0 Å². The third-order valence-electron chi connectivity index (χ3n) is 6.78. The molecule has 0 radical (unpaired) electrons. The summed E-state index contributed by atoms with van der Waals surface area (Å²) in [5.74, 6) is 0. The highest BCUT2D eigenvalue weighted by molar-refractivity contribution is 4.98. The van der Waals surface area contributed by atoms with Gasteiger partial charge >= 0.3 is 0 Å². The minimum absolute atomic E-state index is 0.00920. The van der Waals surface area contributed by atoms with Crippen LogP contribution in [-0.2, 0) is 18.9 Å². The first-order valence-electron chi connectivity index (χ1n) is 14.1. The van der Waals surface area contributed by atoms with E-state index in [2.05, 4.69) is 16.0 Å². The quantitative estimate of drug-likeness (QED) is 0.0702. The zero-order valence-corrected chi connectivity index (χ0v) is 24.0. The van der Waals surface area contributed by atoms with Crippen molar-refractivity contribution in [3.05, 3.63) is 0 Å². The predicted octanol–water partition coefficient (Wildman–Crippen LogP) is -1.32. The monoisotopic (exact) mass is 552 g/mol. The Balaban J connectivity index is 2.49. The molecule has 0 amide bonds. The average molecular weight is 553 g/mol. The highest BCUT2D eigenvalue weighted by Crippen LogP contribution is 2.31. The molecule has 0 aromatic rings. The van der Waals surface area contributed by atoms with Gasteiger partial charge in [-0.25, -0.2) is 0 Å². The van der Waals surface area contributed by atoms with Crippen molar-refractivity contribution in [2.45, 2.75) is 94.8 Å². The van der Waals surface area contributed by atoms with E-state index in [4.69, 9.17) is 24.7 Å². The molecule has 4 unspecified atom stereocenters. The lowest BCUT2D eigenvalue weighted by molar-refractivity contribution is -0.341. The number of rotatable bonds is 23. The van der Waals surface area contributed by atoms with E-state index in [0.29, 0.717) is 13.0 Å². The van der Waals surface area contributed by atoms with Crippen LogP contribution >= 0.6 is 0 Å². The lowest BCUT2D eigenvalue weighted by Gasteiger charge is -2.47. The Kier molecular flexibility index (Phi) is 18.3. The molecule has 12 heteroatoms. The van der Waals surface area contributed by atoms with Crippen LogP contribution in [-0.4, -0.2) is 135 Å². The smallest absolute Gasteiger partial charge is 0.187 e. The molecule has 9 N–H and O–H groups in total. The summed E-state index contributed by atoms with van der Waals surface area (Å²) >= 11 is 0. The van der Waals surface area contributed by atoms with Gasteiger partial charge in [-0.1, -0.05) is 6.92 Å². The fourth-order valence-corrected chi connectivity index (χ4v) is 4.36. The van der Waals surface area contributed by atoms with Gasteiger partial charge in [0.2, 0.25) is 0 Å². The van der Waals surface area contributed by atoms with Gasteiger partial charge in [-0.05, 0) is 85.2 Å². The summed E-state index contributed by atoms with van der Waals surface area (Å²) in [6.45, 7) is 11.1. The van der Waals surface area contributed by atoms with Crippen LogP contribution in [0.3, 0.4) is 0 Å². The van der Waals surface area contributed by atoms with Crippen molar-refractivity contribution < 1.29 is 39.4 Å². The number of unbranched alkanes of at least 4 members (excludes halogenated alkanes) is 1. The molecule has 38 heavy (non-hydrogen) atoms. The van der Waals surface area contributed by atoms with Crippen molar-refractivity contribution in [1.29, 1.82) is 0 Å². The number of hydrogen-bond donors (Lipinski definition) is 8. The Hall–Kier alpha value is -0.480. The van der Waals surface area contributed by atoms with Gasteiger partial charge in [0.05, 0.1) is 25.9 Å². The molecule has 1 heterocycles. The molecule has 1 rings (SSSR count). The summed E-state index contributed by atoms with van der Waals surface area (Å²) < 4.78 is 23.1. The average Bonchev–Trinajstić information content (AvgIpc) is 2.90. The third-order valence-corrected chi connectivity index (χ3v) is 6.78. The topological polar surface area (TPSA) is 180 Å². The molecule has 1 saturated heterocycles. The van der Waals surface area contributed by atoms with Gasteiger partial charge in [-0.2, -0.15) is 0 Å². The number of aliphatic hydroxyl groups excluding tert-OH is 4. The van der Waals surface area contributed by atoms with Crippen LogP contribution in [0.1, 0.15) is 52.9 Å². The van der Waals surface area contributed by atoms with Crippen LogP contribution in [0.25, 0.3) is 0 Å². The highest BCUT2D eigenvalue weighted by Gasteiger charge is 2.51. The lowest BCUT2D eigenvalue weighted by Crippen LogP contribution is -2.65. The van der Waals surface area contributed by atoms with Crippen molar-refractivity contribution in [3.63, 3.8) is 0 Å². The Bertz CT molecular complexity index is 591. The maximum Gasteiger partial charge on any atom is 0.187 e. The summed E-state index contributed by atoms with van der Waals surface area (Å²) in [6.07, 6.45) is -0.980. The molecule has 1 aliphatic heterocycles. The van der Waals surface area contributed by atoms with Gasteiger partial charge in [0.25, 0.3) is 0 Å². The summed E-state index contributed by atoms with van der Waals surface area (Å²) in [6, 6.07) is 0. The lowest BCUT2D eigenvalue weighted by atomic mass is 9.89. The van der Waals surface area contributed by atoms with Crippen molar-refractivity contribution in [2.24, 2.45) is 5.73 Å². The molecule has 0 aromatic carbocycles. The molecule has 0 aliphatic carbocycles. The van der Waals surface area contributed by atoms with Gasteiger partial charge in [0.15, 0.2) is 6.29 Å². The van der Waals surface area contributed by atoms with E-state index in [-0.39, 0.29) is 25.9 Å². The number of aliphatic hydroxyl groups is 4. The number of nitrogens with two attached hydrogens (primary N) is 1. The first kappa shape index (κ1) is 35.5. The van der Waals surface area contributed by atoms with E-state index >= 15 is 0 Å². The van der Waals surface area contributed by atoms with Gasteiger partial charge in [-0.3, -0.25) is 0 Å². The first-order chi connectivity index (χ1) is 18.2. The van der Waals surface area contributed by atoms with Gasteiger partial charge in [-0.15, -0.1) is 0 Å². The molecule has 0 bridgehead atoms. The van der Waals surface area contributed by atoms with Crippen molar-refractivity contribution in [1.82, 2.24) is 16.0 Å². The van der Waals surface area contributed by atoms with Gasteiger partial charge in [0, 0.05) is 13.7 Å². The minimum atomic E-state index is -1.46. The van der Waals surface area contributed by atoms with Crippen LogP contribution in [0.5, 0.6) is 0 Å². The number of nitrogens with one attached hydrogen (secondary N) is 3. The molecule has 0 saturated carbocycles. The number of hydrogen-bond acceptors (Lipinski definition) is 12. The van der Waals surface area contributed by atoms with E-state index < -0.39 is 35.8 Å². The first-order valence-corrected chi connectivity index (χ1v) is 14.1. The van der Waals surface area contributed by atoms with E-state index in [9.17, 15) is 20.4 Å². The summed E-state index contributed by atoms with van der Waals surface area (Å²) in [7, 11) is 1.46. The molecule has 1 fully saturated rings. The Labute approximate surface area is 228 Å². The Morgan fingerprint density at radius 3 is 2.16 bits per heavy atom. The Morgan fingerprint density at radius 1 is 0.974 bits per heavy atom.